The number of unbranched alkanes of at least 4 members (excludes halogenated alkanes) is 6. The van der Waals surface area contributed by atoms with Gasteiger partial charge in [-0.3, -0.25) is 4.79 Å². The maximum Gasteiger partial charge on any atom is 0.239 e. The van der Waals surface area contributed by atoms with Crippen LogP contribution < -0.4 is 17.2 Å². The molecule has 0 aromatic carbocycles. The van der Waals surface area contributed by atoms with Gasteiger partial charge in [0.25, 0.3) is 0 Å². The average Bonchev–Trinajstić information content (AvgIpc) is 2.43. The molecule has 5 heteroatoms. The predicted octanol–water partition coefficient (Wildman–Crippen LogP) is 1.20. The zero-order valence-electron chi connectivity index (χ0n) is 13.2. The van der Waals surface area contributed by atoms with Gasteiger partial charge < -0.3 is 22.1 Å². The summed E-state index contributed by atoms with van der Waals surface area (Å²) >= 11 is 0. The third kappa shape index (κ3) is 10.2. The summed E-state index contributed by atoms with van der Waals surface area (Å²) in [6.07, 6.45) is 8.78. The van der Waals surface area contributed by atoms with E-state index >= 15 is 0 Å². The smallest absolute Gasteiger partial charge is 0.239 e. The van der Waals surface area contributed by atoms with Gasteiger partial charge in [-0.15, -0.1) is 0 Å². The molecule has 0 aliphatic rings. The molecule has 0 spiro atoms. The van der Waals surface area contributed by atoms with Gasteiger partial charge >= 0.3 is 0 Å². The molecule has 0 fully saturated rings. The van der Waals surface area contributed by atoms with Crippen molar-refractivity contribution >= 4 is 5.91 Å². The van der Waals surface area contributed by atoms with E-state index in [1.165, 1.54) is 0 Å². The van der Waals surface area contributed by atoms with Gasteiger partial charge in [0, 0.05) is 13.1 Å². The highest BCUT2D eigenvalue weighted by molar-refractivity contribution is 5.81. The van der Waals surface area contributed by atoms with Crippen LogP contribution in [0.25, 0.3) is 0 Å². The second-order valence-electron chi connectivity index (χ2n) is 5.52. The summed E-state index contributed by atoms with van der Waals surface area (Å²) in [5.41, 5.74) is 16.7. The minimum Gasteiger partial charge on any atom is -0.341 e. The van der Waals surface area contributed by atoms with Crippen LogP contribution in [-0.4, -0.2) is 43.0 Å². The molecule has 0 aromatic heterocycles. The van der Waals surface area contributed by atoms with Crippen molar-refractivity contribution in [1.29, 1.82) is 0 Å². The van der Waals surface area contributed by atoms with Crippen molar-refractivity contribution < 1.29 is 4.79 Å². The molecule has 0 saturated heterocycles. The van der Waals surface area contributed by atoms with E-state index in [2.05, 4.69) is 0 Å². The molecular weight excluding hydrogens is 252 g/mol. The lowest BCUT2D eigenvalue weighted by molar-refractivity contribution is -0.132. The lowest BCUT2D eigenvalue weighted by Crippen LogP contribution is -2.43. The van der Waals surface area contributed by atoms with E-state index in [0.717, 1.165) is 77.5 Å². The fraction of sp³-hybridized carbons (Fsp3) is 0.933. The van der Waals surface area contributed by atoms with E-state index < -0.39 is 6.04 Å². The van der Waals surface area contributed by atoms with E-state index in [4.69, 9.17) is 17.2 Å². The Labute approximate surface area is 124 Å². The monoisotopic (exact) mass is 286 g/mol. The van der Waals surface area contributed by atoms with Gasteiger partial charge in [0.2, 0.25) is 5.91 Å². The molecule has 120 valence electrons. The van der Waals surface area contributed by atoms with Crippen LogP contribution in [0.3, 0.4) is 0 Å². The van der Waals surface area contributed by atoms with E-state index in [-0.39, 0.29) is 5.91 Å². The SMILES string of the molecule is C[C@H](N)C(=O)N(CCCCCCN)CCCCCCN. The summed E-state index contributed by atoms with van der Waals surface area (Å²) in [4.78, 5) is 14.0. The van der Waals surface area contributed by atoms with Gasteiger partial charge in [-0.2, -0.15) is 0 Å². The molecule has 0 aliphatic carbocycles. The fourth-order valence-corrected chi connectivity index (χ4v) is 2.22. The Morgan fingerprint density at radius 1 is 0.850 bits per heavy atom. The first kappa shape index (κ1) is 19.4. The Kier molecular flexibility index (Phi) is 12.9. The Morgan fingerprint density at radius 3 is 1.60 bits per heavy atom. The summed E-state index contributed by atoms with van der Waals surface area (Å²) in [6.45, 7) is 4.91. The molecule has 20 heavy (non-hydrogen) atoms. The second-order valence-corrected chi connectivity index (χ2v) is 5.52. The van der Waals surface area contributed by atoms with Crippen molar-refractivity contribution in [2.24, 2.45) is 17.2 Å². The number of nitrogens with two attached hydrogens (primary N) is 3. The van der Waals surface area contributed by atoms with E-state index in [1.807, 2.05) is 4.90 Å². The largest absolute Gasteiger partial charge is 0.341 e. The molecule has 0 bridgehead atoms. The standard InChI is InChI=1S/C15H34N4O/c1-14(18)15(20)19(12-8-4-2-6-10-16)13-9-5-3-7-11-17/h14H,2-13,16-18H2,1H3/t14-/m0/s1. The highest BCUT2D eigenvalue weighted by Crippen LogP contribution is 2.06. The summed E-state index contributed by atoms with van der Waals surface area (Å²) in [5.74, 6) is 0.0719. The second kappa shape index (κ2) is 13.3. The fourth-order valence-electron chi connectivity index (χ4n) is 2.22. The molecule has 0 unspecified atom stereocenters. The average molecular weight is 286 g/mol. The number of rotatable bonds is 13. The zero-order valence-corrected chi connectivity index (χ0v) is 13.2. The predicted molar refractivity (Wildman–Crippen MR) is 85.3 cm³/mol. The molecule has 0 aromatic rings. The molecule has 6 N–H and O–H groups in total. The maximum absolute atomic E-state index is 12.0. The number of amides is 1. The molecule has 0 radical (unpaired) electrons. The van der Waals surface area contributed by atoms with Crippen molar-refractivity contribution in [1.82, 2.24) is 4.90 Å². The molecule has 1 amide bonds. The third-order valence-electron chi connectivity index (χ3n) is 3.47. The van der Waals surface area contributed by atoms with Crippen molar-refractivity contribution in [3.63, 3.8) is 0 Å². The van der Waals surface area contributed by atoms with Crippen LogP contribution in [-0.2, 0) is 4.79 Å². The maximum atomic E-state index is 12.0. The summed E-state index contributed by atoms with van der Waals surface area (Å²) in [6, 6.07) is -0.400. The van der Waals surface area contributed by atoms with E-state index in [1.54, 1.807) is 6.92 Å². The van der Waals surface area contributed by atoms with Gasteiger partial charge in [-0.05, 0) is 45.7 Å². The highest BCUT2D eigenvalue weighted by atomic mass is 16.2. The minimum absolute atomic E-state index is 0.0719. The van der Waals surface area contributed by atoms with Gasteiger partial charge in [0.15, 0.2) is 0 Å². The van der Waals surface area contributed by atoms with Crippen molar-refractivity contribution in [2.75, 3.05) is 26.2 Å². The summed E-state index contributed by atoms with van der Waals surface area (Å²) in [7, 11) is 0. The molecule has 0 rings (SSSR count). The van der Waals surface area contributed by atoms with Crippen LogP contribution in [0.1, 0.15) is 58.3 Å². The first-order chi connectivity index (χ1) is 9.63. The van der Waals surface area contributed by atoms with Crippen LogP contribution in [0.15, 0.2) is 0 Å². The molecule has 0 saturated carbocycles. The van der Waals surface area contributed by atoms with E-state index in [9.17, 15) is 4.79 Å². The van der Waals surface area contributed by atoms with Gasteiger partial charge in [0.05, 0.1) is 6.04 Å². The van der Waals surface area contributed by atoms with Crippen LogP contribution in [0.4, 0.5) is 0 Å². The number of hydrogen-bond donors (Lipinski definition) is 3. The topological polar surface area (TPSA) is 98.4 Å². The number of hydrogen-bond acceptors (Lipinski definition) is 4. The number of carbonyl (C=O) groups excluding carboxylic acids is 1. The minimum atomic E-state index is -0.400. The third-order valence-corrected chi connectivity index (χ3v) is 3.47. The van der Waals surface area contributed by atoms with Crippen LogP contribution in [0.5, 0.6) is 0 Å². The Hall–Kier alpha value is -0.650. The summed E-state index contributed by atoms with van der Waals surface area (Å²) in [5, 5.41) is 0. The Balaban J connectivity index is 3.92. The van der Waals surface area contributed by atoms with E-state index in [0.29, 0.717) is 0 Å². The van der Waals surface area contributed by atoms with Gasteiger partial charge in [-0.1, -0.05) is 25.7 Å². The van der Waals surface area contributed by atoms with Crippen LogP contribution in [0.2, 0.25) is 0 Å². The molecular formula is C15H34N4O. The van der Waals surface area contributed by atoms with Gasteiger partial charge in [0.1, 0.15) is 0 Å². The lowest BCUT2D eigenvalue weighted by Gasteiger charge is -2.24. The van der Waals surface area contributed by atoms with Crippen LogP contribution in [0, 0.1) is 0 Å². The Morgan fingerprint density at radius 2 is 1.25 bits per heavy atom. The molecule has 0 aliphatic heterocycles. The zero-order chi connectivity index (χ0) is 15.2. The van der Waals surface area contributed by atoms with Crippen LogP contribution >= 0.6 is 0 Å². The molecule has 1 atom stereocenters. The van der Waals surface area contributed by atoms with Crippen molar-refractivity contribution in [2.45, 2.75) is 64.3 Å². The number of carbonyl (C=O) groups is 1. The quantitative estimate of drug-likeness (QED) is 0.443. The molecule has 5 nitrogen and oxygen atoms in total. The van der Waals surface area contributed by atoms with Gasteiger partial charge in [-0.25, -0.2) is 0 Å². The lowest BCUT2D eigenvalue weighted by atomic mass is 10.1. The molecule has 0 heterocycles. The van der Waals surface area contributed by atoms with Crippen molar-refractivity contribution in [3.05, 3.63) is 0 Å². The highest BCUT2D eigenvalue weighted by Gasteiger charge is 2.16. The summed E-state index contributed by atoms with van der Waals surface area (Å²) < 4.78 is 0. The van der Waals surface area contributed by atoms with Crippen molar-refractivity contribution in [3.8, 4) is 0 Å². The number of nitrogens with zero attached hydrogens (tertiary/aromatic N) is 1. The normalized spacial score (nSPS) is 12.4. The first-order valence-corrected chi connectivity index (χ1v) is 8.08. The Bertz CT molecular complexity index is 220. The first-order valence-electron chi connectivity index (χ1n) is 8.08.